The van der Waals surface area contributed by atoms with Gasteiger partial charge in [0.1, 0.15) is 0 Å². The third kappa shape index (κ3) is 3.65. The summed E-state index contributed by atoms with van der Waals surface area (Å²) in [6.45, 7) is 0. The highest BCUT2D eigenvalue weighted by Gasteiger charge is 2.24. The molecule has 0 bridgehead atoms. The molecule has 0 aliphatic carbocycles. The molecule has 0 spiro atoms. The lowest BCUT2D eigenvalue weighted by atomic mass is 10.0. The van der Waals surface area contributed by atoms with Crippen molar-refractivity contribution in [2.75, 3.05) is 0 Å². The number of hydrogen-bond acceptors (Lipinski definition) is 2. The molecule has 0 fully saturated rings. The monoisotopic (exact) mass is 660 g/mol. The maximum absolute atomic E-state index is 5.45. The van der Waals surface area contributed by atoms with Crippen molar-refractivity contribution in [2.45, 2.75) is 0 Å². The standard InChI is InChI=1S/C48H28N4/c1-3-12-29(13-4-1)32-25-26-34-36-19-9-20-37-35-18-10-21-39-43(35)44-40(51(47(36)37)42(34)28-32)22-11-23-41(44)52(39)48-49-45(31-15-5-2-6-16-31)38-27-24-30-14-7-8-17-33(30)46(38)50-48/h1-28H. The Bertz CT molecular complexity index is 3390. The quantitative estimate of drug-likeness (QED) is 0.177. The third-order valence-electron chi connectivity index (χ3n) is 11.0. The molecule has 0 saturated heterocycles. The van der Waals surface area contributed by atoms with Gasteiger partial charge in [-0.2, -0.15) is 0 Å². The van der Waals surface area contributed by atoms with Gasteiger partial charge in [-0.1, -0.05) is 140 Å². The van der Waals surface area contributed by atoms with E-state index in [1.807, 2.05) is 0 Å². The second-order valence-electron chi connectivity index (χ2n) is 13.8. The summed E-state index contributed by atoms with van der Waals surface area (Å²) in [5.74, 6) is 0.666. The van der Waals surface area contributed by atoms with E-state index in [1.54, 1.807) is 0 Å². The van der Waals surface area contributed by atoms with E-state index in [9.17, 15) is 0 Å². The van der Waals surface area contributed by atoms with E-state index in [4.69, 9.17) is 9.97 Å². The number of benzene rings is 8. The molecule has 4 aromatic heterocycles. The number of fused-ring (bicyclic) bond motifs is 8. The number of nitrogens with zero attached hydrogens (tertiary/aromatic N) is 4. The van der Waals surface area contributed by atoms with Crippen LogP contribution in [0.4, 0.5) is 0 Å². The van der Waals surface area contributed by atoms with Gasteiger partial charge in [-0.15, -0.1) is 0 Å². The molecular weight excluding hydrogens is 633 g/mol. The molecule has 0 unspecified atom stereocenters. The van der Waals surface area contributed by atoms with Gasteiger partial charge in [0.15, 0.2) is 0 Å². The third-order valence-corrected chi connectivity index (χ3v) is 11.0. The Morgan fingerprint density at radius 3 is 1.85 bits per heavy atom. The Hall–Kier alpha value is -7.04. The van der Waals surface area contributed by atoms with Crippen molar-refractivity contribution in [3.63, 3.8) is 0 Å². The lowest BCUT2D eigenvalue weighted by Gasteiger charge is -2.13. The van der Waals surface area contributed by atoms with Crippen molar-refractivity contribution in [2.24, 2.45) is 0 Å². The summed E-state index contributed by atoms with van der Waals surface area (Å²) in [5.41, 5.74) is 11.1. The minimum atomic E-state index is 0.666. The molecule has 0 saturated carbocycles. The Morgan fingerprint density at radius 2 is 1.00 bits per heavy atom. The zero-order chi connectivity index (χ0) is 33.9. The molecule has 52 heavy (non-hydrogen) atoms. The van der Waals surface area contributed by atoms with Crippen LogP contribution in [0.3, 0.4) is 0 Å². The van der Waals surface area contributed by atoms with Gasteiger partial charge in [0.2, 0.25) is 5.95 Å². The smallest absolute Gasteiger partial charge is 0.235 e. The van der Waals surface area contributed by atoms with Crippen LogP contribution in [0.25, 0.3) is 110 Å². The Balaban J connectivity index is 1.27. The van der Waals surface area contributed by atoms with Crippen molar-refractivity contribution in [1.29, 1.82) is 0 Å². The predicted molar refractivity (Wildman–Crippen MR) is 217 cm³/mol. The number of aromatic nitrogens is 4. The van der Waals surface area contributed by atoms with Crippen molar-refractivity contribution >= 4 is 81.6 Å². The molecule has 12 rings (SSSR count). The average Bonchev–Trinajstić information content (AvgIpc) is 3.69. The van der Waals surface area contributed by atoms with E-state index < -0.39 is 0 Å². The molecule has 4 heteroatoms. The van der Waals surface area contributed by atoms with Gasteiger partial charge in [-0.25, -0.2) is 9.97 Å². The zero-order valence-electron chi connectivity index (χ0n) is 28.0. The van der Waals surface area contributed by atoms with Gasteiger partial charge in [0.25, 0.3) is 0 Å². The SMILES string of the molecule is c1ccc(-c2ccc3c4cccc5c6cccc7c6c6c(cccc6n(c3c2)c54)n7-c2nc(-c3ccccc3)c3ccc4ccccc4c3n2)cc1. The van der Waals surface area contributed by atoms with Crippen molar-refractivity contribution in [3.8, 4) is 28.3 Å². The van der Waals surface area contributed by atoms with Crippen molar-refractivity contribution < 1.29 is 0 Å². The Kier molecular flexibility index (Phi) is 5.47. The van der Waals surface area contributed by atoms with Gasteiger partial charge < -0.3 is 4.40 Å². The van der Waals surface area contributed by atoms with E-state index in [2.05, 4.69) is 179 Å². The molecule has 8 aromatic carbocycles. The maximum Gasteiger partial charge on any atom is 0.235 e. The molecule has 0 N–H and O–H groups in total. The number of hydrogen-bond donors (Lipinski definition) is 0. The van der Waals surface area contributed by atoms with Gasteiger partial charge in [0, 0.05) is 43.3 Å². The normalized spacial score (nSPS) is 12.2. The summed E-state index contributed by atoms with van der Waals surface area (Å²) >= 11 is 0. The van der Waals surface area contributed by atoms with Crippen LogP contribution in [0.15, 0.2) is 170 Å². The Morgan fingerprint density at radius 1 is 0.365 bits per heavy atom. The van der Waals surface area contributed by atoms with Crippen molar-refractivity contribution in [1.82, 2.24) is 18.9 Å². The highest BCUT2D eigenvalue weighted by Crippen LogP contribution is 2.45. The highest BCUT2D eigenvalue weighted by molar-refractivity contribution is 6.31. The topological polar surface area (TPSA) is 35.1 Å². The fraction of sp³-hybridized carbons (Fsp3) is 0. The summed E-state index contributed by atoms with van der Waals surface area (Å²) in [5, 5.41) is 10.7. The van der Waals surface area contributed by atoms with Gasteiger partial charge in [0.05, 0.1) is 38.8 Å². The van der Waals surface area contributed by atoms with E-state index in [1.165, 1.54) is 60.0 Å². The molecule has 0 aliphatic heterocycles. The molecule has 0 atom stereocenters. The predicted octanol–water partition coefficient (Wildman–Crippen LogP) is 12.4. The average molecular weight is 661 g/mol. The van der Waals surface area contributed by atoms with Crippen molar-refractivity contribution in [3.05, 3.63) is 170 Å². The second kappa shape index (κ2) is 10.3. The van der Waals surface area contributed by atoms with E-state index in [0.29, 0.717) is 5.95 Å². The highest BCUT2D eigenvalue weighted by atomic mass is 15.2. The summed E-state index contributed by atoms with van der Waals surface area (Å²) < 4.78 is 4.79. The van der Waals surface area contributed by atoms with Crippen LogP contribution in [0, 0.1) is 0 Å². The first-order valence-electron chi connectivity index (χ1n) is 17.8. The molecule has 0 radical (unpaired) electrons. The first kappa shape index (κ1) is 27.7. The summed E-state index contributed by atoms with van der Waals surface area (Å²) in [6, 6.07) is 61.1. The molecule has 240 valence electrons. The minimum absolute atomic E-state index is 0.666. The van der Waals surface area contributed by atoms with Crippen LogP contribution in [-0.2, 0) is 0 Å². The Labute approximate surface area is 297 Å². The first-order valence-corrected chi connectivity index (χ1v) is 17.8. The van der Waals surface area contributed by atoms with E-state index in [-0.39, 0.29) is 0 Å². The van der Waals surface area contributed by atoms with Crippen LogP contribution in [0.2, 0.25) is 0 Å². The summed E-state index contributed by atoms with van der Waals surface area (Å²) in [6.07, 6.45) is 0. The fourth-order valence-electron chi connectivity index (χ4n) is 8.83. The van der Waals surface area contributed by atoms with Crippen LogP contribution < -0.4 is 0 Å². The molecule has 4 heterocycles. The fourth-order valence-corrected chi connectivity index (χ4v) is 8.83. The molecule has 12 aromatic rings. The first-order chi connectivity index (χ1) is 25.8. The number of para-hydroxylation sites is 1. The molecular formula is C48H28N4. The van der Waals surface area contributed by atoms with Gasteiger partial charge in [-0.3, -0.25) is 4.57 Å². The van der Waals surface area contributed by atoms with Gasteiger partial charge in [-0.05, 0) is 52.2 Å². The van der Waals surface area contributed by atoms with Crippen LogP contribution >= 0.6 is 0 Å². The molecule has 0 aliphatic rings. The minimum Gasteiger partial charge on any atom is -0.308 e. The maximum atomic E-state index is 5.45. The summed E-state index contributed by atoms with van der Waals surface area (Å²) in [4.78, 5) is 10.9. The second-order valence-corrected chi connectivity index (χ2v) is 13.8. The lowest BCUT2D eigenvalue weighted by Crippen LogP contribution is -2.04. The molecule has 4 nitrogen and oxygen atoms in total. The van der Waals surface area contributed by atoms with Gasteiger partial charge >= 0.3 is 0 Å². The van der Waals surface area contributed by atoms with Crippen LogP contribution in [0.1, 0.15) is 0 Å². The molecule has 0 amide bonds. The van der Waals surface area contributed by atoms with Crippen LogP contribution in [-0.4, -0.2) is 18.9 Å². The summed E-state index contributed by atoms with van der Waals surface area (Å²) in [7, 11) is 0. The zero-order valence-corrected chi connectivity index (χ0v) is 28.0. The lowest BCUT2D eigenvalue weighted by molar-refractivity contribution is 1.02. The largest absolute Gasteiger partial charge is 0.308 e. The van der Waals surface area contributed by atoms with E-state index in [0.717, 1.165) is 44.0 Å². The van der Waals surface area contributed by atoms with Crippen LogP contribution in [0.5, 0.6) is 0 Å². The number of rotatable bonds is 3. The van der Waals surface area contributed by atoms with E-state index >= 15 is 0 Å².